The Morgan fingerprint density at radius 3 is 2.68 bits per heavy atom. The van der Waals surface area contributed by atoms with Crippen LogP contribution in [-0.4, -0.2) is 46.9 Å². The minimum absolute atomic E-state index is 0.246. The highest BCUT2D eigenvalue weighted by Gasteiger charge is 2.45. The maximum absolute atomic E-state index is 13.5. The molecule has 5 nitrogen and oxygen atoms in total. The first-order valence-corrected chi connectivity index (χ1v) is 9.61. The zero-order valence-electron chi connectivity index (χ0n) is 14.1. The molecule has 0 radical (unpaired) electrons. The number of likely N-dealkylation sites (tertiary alicyclic amines) is 1. The summed E-state index contributed by atoms with van der Waals surface area (Å²) in [4.78, 5) is 15.6. The van der Waals surface area contributed by atoms with E-state index in [-0.39, 0.29) is 11.9 Å². The number of amides is 1. The summed E-state index contributed by atoms with van der Waals surface area (Å²) < 4.78 is 8.51. The summed E-state index contributed by atoms with van der Waals surface area (Å²) in [5, 5.41) is 4.39. The molecule has 2 fully saturated rings. The zero-order chi connectivity index (χ0) is 17.3. The van der Waals surface area contributed by atoms with Crippen LogP contribution in [0.4, 0.5) is 0 Å². The van der Waals surface area contributed by atoms with Crippen LogP contribution < -0.4 is 0 Å². The number of ether oxygens (including phenoxy) is 1. The SMILES string of the molecule is O=C(N1CCC(n2cc(Br)cn2)C1)C1(c2ccccc2)CCOCC1. The number of carbonyl (C=O) groups is 1. The first-order chi connectivity index (χ1) is 12.2. The van der Waals surface area contributed by atoms with E-state index in [1.807, 2.05) is 34.0 Å². The first-order valence-electron chi connectivity index (χ1n) is 8.81. The second-order valence-electron chi connectivity index (χ2n) is 6.89. The minimum Gasteiger partial charge on any atom is -0.381 e. The molecule has 2 saturated heterocycles. The number of nitrogens with zero attached hydrogens (tertiary/aromatic N) is 3. The normalized spacial score (nSPS) is 22.9. The van der Waals surface area contributed by atoms with Gasteiger partial charge in [0.1, 0.15) is 0 Å². The Morgan fingerprint density at radius 2 is 2.00 bits per heavy atom. The fourth-order valence-electron chi connectivity index (χ4n) is 4.06. The molecule has 0 saturated carbocycles. The van der Waals surface area contributed by atoms with Crippen molar-refractivity contribution in [2.45, 2.75) is 30.7 Å². The van der Waals surface area contributed by atoms with Crippen LogP contribution in [0, 0.1) is 0 Å². The Balaban J connectivity index is 1.57. The van der Waals surface area contributed by atoms with Crippen LogP contribution in [0.15, 0.2) is 47.2 Å². The van der Waals surface area contributed by atoms with Crippen molar-refractivity contribution in [2.75, 3.05) is 26.3 Å². The highest BCUT2D eigenvalue weighted by atomic mass is 79.9. The lowest BCUT2D eigenvalue weighted by Crippen LogP contribution is -2.49. The number of hydrogen-bond donors (Lipinski definition) is 0. The number of rotatable bonds is 3. The van der Waals surface area contributed by atoms with Crippen molar-refractivity contribution in [3.05, 3.63) is 52.8 Å². The molecule has 3 heterocycles. The first kappa shape index (κ1) is 16.8. The predicted molar refractivity (Wildman–Crippen MR) is 98.3 cm³/mol. The monoisotopic (exact) mass is 403 g/mol. The third-order valence-corrected chi connectivity index (χ3v) is 5.89. The third-order valence-electron chi connectivity index (χ3n) is 5.48. The summed E-state index contributed by atoms with van der Waals surface area (Å²) in [6.07, 6.45) is 6.24. The Kier molecular flexibility index (Phi) is 4.65. The molecule has 0 N–H and O–H groups in total. The van der Waals surface area contributed by atoms with Crippen molar-refractivity contribution < 1.29 is 9.53 Å². The van der Waals surface area contributed by atoms with Gasteiger partial charge in [0.25, 0.3) is 0 Å². The second-order valence-corrected chi connectivity index (χ2v) is 7.81. The lowest BCUT2D eigenvalue weighted by molar-refractivity contribution is -0.140. The van der Waals surface area contributed by atoms with E-state index in [9.17, 15) is 4.79 Å². The lowest BCUT2D eigenvalue weighted by atomic mass is 9.73. The maximum Gasteiger partial charge on any atom is 0.233 e. The number of aromatic nitrogens is 2. The van der Waals surface area contributed by atoms with Crippen LogP contribution >= 0.6 is 15.9 Å². The van der Waals surface area contributed by atoms with Gasteiger partial charge in [-0.3, -0.25) is 9.48 Å². The van der Waals surface area contributed by atoms with Crippen LogP contribution in [0.5, 0.6) is 0 Å². The molecule has 1 aromatic heterocycles. The molecule has 4 rings (SSSR count). The predicted octanol–water partition coefficient (Wildman–Crippen LogP) is 3.17. The van der Waals surface area contributed by atoms with Crippen molar-refractivity contribution in [1.82, 2.24) is 14.7 Å². The van der Waals surface area contributed by atoms with Crippen LogP contribution in [0.2, 0.25) is 0 Å². The molecule has 2 aromatic rings. The van der Waals surface area contributed by atoms with Gasteiger partial charge in [0, 0.05) is 32.5 Å². The smallest absolute Gasteiger partial charge is 0.233 e. The minimum atomic E-state index is -0.445. The van der Waals surface area contributed by atoms with Gasteiger partial charge >= 0.3 is 0 Å². The van der Waals surface area contributed by atoms with E-state index in [4.69, 9.17) is 4.74 Å². The van der Waals surface area contributed by atoms with E-state index < -0.39 is 5.41 Å². The van der Waals surface area contributed by atoms with Gasteiger partial charge in [-0.2, -0.15) is 5.10 Å². The average molecular weight is 404 g/mol. The highest BCUT2D eigenvalue weighted by Crippen LogP contribution is 2.38. The molecule has 0 bridgehead atoms. The molecule has 1 atom stereocenters. The summed E-state index contributed by atoms with van der Waals surface area (Å²) in [7, 11) is 0. The number of halogens is 1. The molecule has 1 aromatic carbocycles. The molecule has 1 unspecified atom stereocenters. The summed E-state index contributed by atoms with van der Waals surface area (Å²) >= 11 is 3.45. The Morgan fingerprint density at radius 1 is 1.24 bits per heavy atom. The van der Waals surface area contributed by atoms with Crippen LogP contribution in [-0.2, 0) is 14.9 Å². The Hall–Kier alpha value is -1.66. The van der Waals surface area contributed by atoms with Crippen molar-refractivity contribution >= 4 is 21.8 Å². The third kappa shape index (κ3) is 3.13. The van der Waals surface area contributed by atoms with E-state index in [2.05, 4.69) is 33.2 Å². The Bertz CT molecular complexity index is 740. The van der Waals surface area contributed by atoms with Crippen molar-refractivity contribution in [1.29, 1.82) is 0 Å². The highest BCUT2D eigenvalue weighted by molar-refractivity contribution is 9.10. The van der Waals surface area contributed by atoms with E-state index in [1.165, 1.54) is 0 Å². The van der Waals surface area contributed by atoms with E-state index >= 15 is 0 Å². The number of benzene rings is 1. The average Bonchev–Trinajstić information content (AvgIpc) is 3.31. The molecular formula is C19H22BrN3O2. The van der Waals surface area contributed by atoms with Gasteiger partial charge in [0.15, 0.2) is 0 Å². The fraction of sp³-hybridized carbons (Fsp3) is 0.474. The van der Waals surface area contributed by atoms with E-state index in [0.29, 0.717) is 13.2 Å². The number of carbonyl (C=O) groups excluding carboxylic acids is 1. The molecule has 0 spiro atoms. The fourth-order valence-corrected chi connectivity index (χ4v) is 4.36. The zero-order valence-corrected chi connectivity index (χ0v) is 15.7. The van der Waals surface area contributed by atoms with Gasteiger partial charge in [-0.25, -0.2) is 0 Å². The maximum atomic E-state index is 13.5. The van der Waals surface area contributed by atoms with Crippen LogP contribution in [0.3, 0.4) is 0 Å². The van der Waals surface area contributed by atoms with Crippen molar-refractivity contribution in [3.8, 4) is 0 Å². The van der Waals surface area contributed by atoms with Gasteiger partial charge in [0.05, 0.1) is 22.1 Å². The molecular weight excluding hydrogens is 382 g/mol. The summed E-state index contributed by atoms with van der Waals surface area (Å²) in [5.74, 6) is 0.246. The molecule has 25 heavy (non-hydrogen) atoms. The molecule has 2 aliphatic heterocycles. The molecule has 132 valence electrons. The van der Waals surface area contributed by atoms with Gasteiger partial charge < -0.3 is 9.64 Å². The van der Waals surface area contributed by atoms with Gasteiger partial charge in [-0.1, -0.05) is 30.3 Å². The van der Waals surface area contributed by atoms with Gasteiger partial charge in [0.2, 0.25) is 5.91 Å². The second kappa shape index (κ2) is 6.92. The van der Waals surface area contributed by atoms with Crippen molar-refractivity contribution in [2.24, 2.45) is 0 Å². The van der Waals surface area contributed by atoms with Crippen LogP contribution in [0.1, 0.15) is 30.9 Å². The quantitative estimate of drug-likeness (QED) is 0.790. The molecule has 0 aliphatic carbocycles. The lowest BCUT2D eigenvalue weighted by Gasteiger charge is -2.39. The van der Waals surface area contributed by atoms with Crippen LogP contribution in [0.25, 0.3) is 0 Å². The van der Waals surface area contributed by atoms with E-state index in [1.54, 1.807) is 6.20 Å². The molecule has 2 aliphatic rings. The molecule has 6 heteroatoms. The van der Waals surface area contributed by atoms with E-state index in [0.717, 1.165) is 42.4 Å². The van der Waals surface area contributed by atoms with Gasteiger partial charge in [-0.15, -0.1) is 0 Å². The standard InChI is InChI=1S/C19H22BrN3O2/c20-16-12-21-23(13-16)17-6-9-22(14-17)18(24)19(7-10-25-11-8-19)15-4-2-1-3-5-15/h1-5,12-13,17H,6-11,14H2. The largest absolute Gasteiger partial charge is 0.381 e. The van der Waals surface area contributed by atoms with Gasteiger partial charge in [-0.05, 0) is 40.8 Å². The Labute approximate surface area is 156 Å². The number of hydrogen-bond acceptors (Lipinski definition) is 3. The summed E-state index contributed by atoms with van der Waals surface area (Å²) in [5.41, 5.74) is 0.674. The van der Waals surface area contributed by atoms with Crippen molar-refractivity contribution in [3.63, 3.8) is 0 Å². The topological polar surface area (TPSA) is 47.4 Å². The molecule has 1 amide bonds. The summed E-state index contributed by atoms with van der Waals surface area (Å²) in [6.45, 7) is 2.80. The summed E-state index contributed by atoms with van der Waals surface area (Å²) in [6, 6.07) is 10.5.